The van der Waals surface area contributed by atoms with Gasteiger partial charge in [-0.1, -0.05) is 24.3 Å². The first-order chi connectivity index (χ1) is 12.4. The van der Waals surface area contributed by atoms with E-state index in [1.165, 1.54) is 0 Å². The van der Waals surface area contributed by atoms with Crippen LogP contribution in [0, 0.1) is 0 Å². The highest BCUT2D eigenvalue weighted by atomic mass is 16.4. The summed E-state index contributed by atoms with van der Waals surface area (Å²) in [6, 6.07) is 13.9. The van der Waals surface area contributed by atoms with Gasteiger partial charge in [0, 0.05) is 11.1 Å². The van der Waals surface area contributed by atoms with Crippen LogP contribution in [-0.2, 0) is 4.79 Å². The van der Waals surface area contributed by atoms with E-state index in [2.05, 4.69) is 20.6 Å². The molecule has 0 saturated heterocycles. The van der Waals surface area contributed by atoms with Gasteiger partial charge < -0.3 is 20.8 Å². The highest BCUT2D eigenvalue weighted by Gasteiger charge is 2.15. The summed E-state index contributed by atoms with van der Waals surface area (Å²) in [6.45, 7) is 3.25. The lowest BCUT2D eigenvalue weighted by Gasteiger charge is -2.14. The lowest BCUT2D eigenvalue weighted by molar-refractivity contribution is -0.137. The zero-order chi connectivity index (χ0) is 18.7. The molecule has 0 amide bonds. The van der Waals surface area contributed by atoms with Gasteiger partial charge in [-0.25, -0.2) is 4.98 Å². The summed E-state index contributed by atoms with van der Waals surface area (Å²) in [5.41, 5.74) is 2.20. The fourth-order valence-corrected chi connectivity index (χ4v) is 2.51. The third-order valence-electron chi connectivity index (χ3n) is 3.95. The molecule has 7 nitrogen and oxygen atoms in total. The Balaban J connectivity index is 1.98. The van der Waals surface area contributed by atoms with Crippen molar-refractivity contribution in [1.29, 1.82) is 0 Å². The number of hydrogen-bond acceptors (Lipinski definition) is 6. The van der Waals surface area contributed by atoms with E-state index < -0.39 is 18.1 Å². The normalized spacial score (nSPS) is 13.2. The first kappa shape index (κ1) is 17.6. The summed E-state index contributed by atoms with van der Waals surface area (Å²) < 4.78 is 0. The Kier molecular flexibility index (Phi) is 4.99. The third kappa shape index (κ3) is 3.89. The SMILES string of the molecule is CC(Nc1nc(Nc2cccc(C(C)O)c2)nc2ccccc12)C(=O)O. The van der Waals surface area contributed by atoms with Gasteiger partial charge in [-0.2, -0.15) is 4.98 Å². The van der Waals surface area contributed by atoms with E-state index in [0.29, 0.717) is 17.3 Å². The molecule has 26 heavy (non-hydrogen) atoms. The van der Waals surface area contributed by atoms with Gasteiger partial charge >= 0.3 is 5.97 Å². The van der Waals surface area contributed by atoms with Gasteiger partial charge in [0.05, 0.1) is 11.6 Å². The quantitative estimate of drug-likeness (QED) is 0.539. The predicted octanol–water partition coefficient (Wildman–Crippen LogP) is 3.31. The summed E-state index contributed by atoms with van der Waals surface area (Å²) in [5, 5.41) is 25.6. The molecule has 2 atom stereocenters. The van der Waals surface area contributed by atoms with E-state index >= 15 is 0 Å². The first-order valence-corrected chi connectivity index (χ1v) is 8.25. The summed E-state index contributed by atoms with van der Waals surface area (Å²) in [6.07, 6.45) is -0.581. The van der Waals surface area contributed by atoms with Crippen LogP contribution in [0.5, 0.6) is 0 Å². The molecule has 0 radical (unpaired) electrons. The van der Waals surface area contributed by atoms with Crippen molar-refractivity contribution in [1.82, 2.24) is 9.97 Å². The number of aliphatic carboxylic acids is 1. The maximum atomic E-state index is 11.2. The number of rotatable bonds is 6. The number of benzene rings is 2. The largest absolute Gasteiger partial charge is 0.480 e. The van der Waals surface area contributed by atoms with E-state index in [4.69, 9.17) is 5.11 Å². The van der Waals surface area contributed by atoms with Crippen molar-refractivity contribution in [3.63, 3.8) is 0 Å². The number of hydrogen-bond donors (Lipinski definition) is 4. The van der Waals surface area contributed by atoms with Crippen LogP contribution in [0.2, 0.25) is 0 Å². The number of para-hydroxylation sites is 1. The summed E-state index contributed by atoms with van der Waals surface area (Å²) in [7, 11) is 0. The van der Waals surface area contributed by atoms with E-state index in [1.807, 2.05) is 48.5 Å². The zero-order valence-electron chi connectivity index (χ0n) is 14.5. The maximum Gasteiger partial charge on any atom is 0.325 e. The van der Waals surface area contributed by atoms with Crippen molar-refractivity contribution in [3.8, 4) is 0 Å². The van der Waals surface area contributed by atoms with Crippen LogP contribution in [0.15, 0.2) is 48.5 Å². The number of fused-ring (bicyclic) bond motifs is 1. The van der Waals surface area contributed by atoms with Gasteiger partial charge in [0.15, 0.2) is 0 Å². The molecule has 1 heterocycles. The van der Waals surface area contributed by atoms with Gasteiger partial charge in [-0.05, 0) is 43.7 Å². The van der Waals surface area contributed by atoms with Crippen LogP contribution in [0.1, 0.15) is 25.5 Å². The second-order valence-corrected chi connectivity index (χ2v) is 6.04. The molecule has 4 N–H and O–H groups in total. The van der Waals surface area contributed by atoms with Crippen LogP contribution in [0.25, 0.3) is 10.9 Å². The molecule has 0 fully saturated rings. The van der Waals surface area contributed by atoms with E-state index in [1.54, 1.807) is 13.8 Å². The predicted molar refractivity (Wildman–Crippen MR) is 101 cm³/mol. The molecule has 0 aliphatic rings. The smallest absolute Gasteiger partial charge is 0.325 e. The fourth-order valence-electron chi connectivity index (χ4n) is 2.51. The van der Waals surface area contributed by atoms with Crippen molar-refractivity contribution in [3.05, 3.63) is 54.1 Å². The van der Waals surface area contributed by atoms with Gasteiger partial charge in [0.25, 0.3) is 0 Å². The maximum absolute atomic E-state index is 11.2. The molecule has 1 aromatic heterocycles. The lowest BCUT2D eigenvalue weighted by Crippen LogP contribution is -2.26. The number of nitrogens with zero attached hydrogens (tertiary/aromatic N) is 2. The zero-order valence-corrected chi connectivity index (χ0v) is 14.5. The summed E-state index contributed by atoms with van der Waals surface area (Å²) in [4.78, 5) is 20.1. The molecular weight excluding hydrogens is 332 g/mol. The number of carbonyl (C=O) groups is 1. The summed E-state index contributed by atoms with van der Waals surface area (Å²) >= 11 is 0. The Morgan fingerprint density at radius 3 is 2.58 bits per heavy atom. The molecule has 0 saturated carbocycles. The van der Waals surface area contributed by atoms with Crippen molar-refractivity contribution in [2.75, 3.05) is 10.6 Å². The van der Waals surface area contributed by atoms with Crippen LogP contribution in [0.4, 0.5) is 17.5 Å². The molecule has 134 valence electrons. The Morgan fingerprint density at radius 1 is 1.08 bits per heavy atom. The second kappa shape index (κ2) is 7.37. The molecule has 2 unspecified atom stereocenters. The monoisotopic (exact) mass is 352 g/mol. The number of nitrogens with one attached hydrogen (secondary N) is 2. The highest BCUT2D eigenvalue weighted by Crippen LogP contribution is 2.25. The average molecular weight is 352 g/mol. The molecule has 3 rings (SSSR count). The lowest BCUT2D eigenvalue weighted by atomic mass is 10.1. The molecule has 2 aromatic carbocycles. The summed E-state index contributed by atoms with van der Waals surface area (Å²) in [5.74, 6) is -0.182. The van der Waals surface area contributed by atoms with Gasteiger partial charge in [0.1, 0.15) is 11.9 Å². The van der Waals surface area contributed by atoms with E-state index in [0.717, 1.165) is 16.6 Å². The number of aliphatic hydroxyl groups excluding tert-OH is 1. The number of carboxylic acids is 1. The molecule has 0 aliphatic carbocycles. The van der Waals surface area contributed by atoms with Crippen LogP contribution >= 0.6 is 0 Å². The Hall–Kier alpha value is -3.19. The van der Waals surface area contributed by atoms with Gasteiger partial charge in [-0.3, -0.25) is 4.79 Å². The number of anilines is 3. The highest BCUT2D eigenvalue weighted by molar-refractivity contribution is 5.92. The molecule has 0 spiro atoms. The van der Waals surface area contributed by atoms with Gasteiger partial charge in [-0.15, -0.1) is 0 Å². The Bertz CT molecular complexity index is 943. The fraction of sp³-hybridized carbons (Fsp3) is 0.211. The third-order valence-corrected chi connectivity index (χ3v) is 3.95. The Morgan fingerprint density at radius 2 is 1.85 bits per heavy atom. The van der Waals surface area contributed by atoms with Gasteiger partial charge in [0.2, 0.25) is 5.95 Å². The number of aliphatic hydroxyl groups is 1. The second-order valence-electron chi connectivity index (χ2n) is 6.04. The first-order valence-electron chi connectivity index (χ1n) is 8.25. The van der Waals surface area contributed by atoms with E-state index in [9.17, 15) is 9.90 Å². The van der Waals surface area contributed by atoms with Crippen molar-refractivity contribution in [2.24, 2.45) is 0 Å². The van der Waals surface area contributed by atoms with Crippen molar-refractivity contribution in [2.45, 2.75) is 26.0 Å². The van der Waals surface area contributed by atoms with Crippen molar-refractivity contribution < 1.29 is 15.0 Å². The number of aromatic nitrogens is 2. The van der Waals surface area contributed by atoms with E-state index in [-0.39, 0.29) is 0 Å². The van der Waals surface area contributed by atoms with Crippen LogP contribution < -0.4 is 10.6 Å². The molecule has 3 aromatic rings. The average Bonchev–Trinajstić information content (AvgIpc) is 2.61. The van der Waals surface area contributed by atoms with Crippen molar-refractivity contribution >= 4 is 34.3 Å². The molecule has 0 bridgehead atoms. The molecular formula is C19H20N4O3. The minimum absolute atomic E-state index is 0.339. The van der Waals surface area contributed by atoms with Crippen LogP contribution in [-0.4, -0.2) is 32.2 Å². The molecule has 0 aliphatic heterocycles. The Labute approximate surface area is 150 Å². The topological polar surface area (TPSA) is 107 Å². The standard InChI is InChI=1S/C19H20N4O3/c1-11(18(25)26)20-17-15-8-3-4-9-16(15)22-19(23-17)21-14-7-5-6-13(10-14)12(2)24/h3-12,24H,1-2H3,(H,25,26)(H2,20,21,22,23). The minimum atomic E-state index is -0.966. The molecule has 7 heteroatoms. The van der Waals surface area contributed by atoms with Crippen LogP contribution in [0.3, 0.4) is 0 Å². The minimum Gasteiger partial charge on any atom is -0.480 e. The number of carboxylic acid groups (broad SMARTS) is 1.